The van der Waals surface area contributed by atoms with Crippen molar-refractivity contribution in [2.45, 2.75) is 24.9 Å². The third-order valence-electron chi connectivity index (χ3n) is 2.60. The van der Waals surface area contributed by atoms with Crippen molar-refractivity contribution in [3.63, 3.8) is 0 Å². The lowest BCUT2D eigenvalue weighted by molar-refractivity contribution is -0.124. The lowest BCUT2D eigenvalue weighted by Gasteiger charge is -2.08. The number of nitrogens with one attached hydrogen (secondary N) is 2. The fourth-order valence-electron chi connectivity index (χ4n) is 1.56. The van der Waals surface area contributed by atoms with Crippen molar-refractivity contribution in [2.75, 3.05) is 13.1 Å². The van der Waals surface area contributed by atoms with Gasteiger partial charge in [-0.25, -0.2) is 0 Å². The molecule has 0 aromatic heterocycles. The van der Waals surface area contributed by atoms with Gasteiger partial charge in [-0.3, -0.25) is 4.79 Å². The maximum atomic E-state index is 11.4. The molecule has 1 aliphatic heterocycles. The van der Waals surface area contributed by atoms with Crippen molar-refractivity contribution in [1.82, 2.24) is 10.6 Å². The predicted molar refractivity (Wildman–Crippen MR) is 45.5 cm³/mol. The van der Waals surface area contributed by atoms with E-state index in [1.54, 1.807) is 0 Å². The smallest absolute Gasteiger partial charge is 0.224 e. The van der Waals surface area contributed by atoms with E-state index in [1.807, 2.05) is 0 Å². The van der Waals surface area contributed by atoms with Gasteiger partial charge < -0.3 is 16.4 Å². The molecular formula is C8H15N3O. The molecule has 1 amide bonds. The number of amides is 1. The zero-order valence-corrected chi connectivity index (χ0v) is 7.05. The molecule has 1 heterocycles. The zero-order chi connectivity index (χ0) is 8.55. The van der Waals surface area contributed by atoms with E-state index in [4.69, 9.17) is 5.73 Å². The normalized spacial score (nSPS) is 39.6. The summed E-state index contributed by atoms with van der Waals surface area (Å²) in [7, 11) is 0. The lowest BCUT2D eigenvalue weighted by Crippen LogP contribution is -2.35. The van der Waals surface area contributed by atoms with Crippen molar-refractivity contribution >= 4 is 5.91 Å². The number of rotatable bonds is 2. The molecule has 12 heavy (non-hydrogen) atoms. The van der Waals surface area contributed by atoms with E-state index >= 15 is 0 Å². The van der Waals surface area contributed by atoms with E-state index in [9.17, 15) is 4.79 Å². The van der Waals surface area contributed by atoms with Crippen LogP contribution in [0.3, 0.4) is 0 Å². The molecule has 2 fully saturated rings. The summed E-state index contributed by atoms with van der Waals surface area (Å²) in [5, 5.41) is 6.11. The van der Waals surface area contributed by atoms with E-state index in [-0.39, 0.29) is 23.9 Å². The second-order valence-corrected chi connectivity index (χ2v) is 3.70. The highest BCUT2D eigenvalue weighted by atomic mass is 16.2. The van der Waals surface area contributed by atoms with E-state index in [0.717, 1.165) is 25.9 Å². The van der Waals surface area contributed by atoms with Crippen LogP contribution in [0.4, 0.5) is 0 Å². The molecular weight excluding hydrogens is 154 g/mol. The summed E-state index contributed by atoms with van der Waals surface area (Å²) in [6.07, 6.45) is 1.92. The third kappa shape index (κ3) is 1.59. The monoisotopic (exact) mass is 169 g/mol. The Morgan fingerprint density at radius 2 is 2.33 bits per heavy atom. The molecule has 2 rings (SSSR count). The molecule has 4 heteroatoms. The van der Waals surface area contributed by atoms with Gasteiger partial charge in [0.1, 0.15) is 0 Å². The highest BCUT2D eigenvalue weighted by Gasteiger charge is 2.36. The van der Waals surface area contributed by atoms with Gasteiger partial charge in [-0.05, 0) is 19.4 Å². The summed E-state index contributed by atoms with van der Waals surface area (Å²) in [5.74, 6) is 0.357. The minimum absolute atomic E-state index is 0.179. The fraction of sp³-hybridized carbons (Fsp3) is 0.875. The molecule has 0 aromatic carbocycles. The SMILES string of the molecule is N[C@@H]1C[C@H]1NC(=O)[C@@H]1CCNC1. The largest absolute Gasteiger partial charge is 0.351 e. The van der Waals surface area contributed by atoms with Gasteiger partial charge in [0.2, 0.25) is 5.91 Å². The zero-order valence-electron chi connectivity index (χ0n) is 7.05. The van der Waals surface area contributed by atoms with Crippen LogP contribution in [0.15, 0.2) is 0 Å². The standard InChI is InChI=1S/C8H15N3O/c9-6-3-7(6)11-8(12)5-1-2-10-4-5/h5-7,10H,1-4,9H2,(H,11,12)/t5-,6-,7-/m1/s1. The Morgan fingerprint density at radius 1 is 1.58 bits per heavy atom. The molecule has 1 saturated heterocycles. The van der Waals surface area contributed by atoms with E-state index in [1.165, 1.54) is 0 Å². The number of hydrogen-bond acceptors (Lipinski definition) is 3. The highest BCUT2D eigenvalue weighted by Crippen LogP contribution is 2.19. The Labute approximate surface area is 71.9 Å². The molecule has 4 N–H and O–H groups in total. The molecule has 0 spiro atoms. The van der Waals surface area contributed by atoms with Gasteiger partial charge in [0.15, 0.2) is 0 Å². The van der Waals surface area contributed by atoms with E-state index < -0.39 is 0 Å². The molecule has 4 nitrogen and oxygen atoms in total. The van der Waals surface area contributed by atoms with Crippen LogP contribution in [0.1, 0.15) is 12.8 Å². The molecule has 1 aliphatic carbocycles. The Bertz CT molecular complexity index is 189. The molecule has 2 aliphatic rings. The first kappa shape index (κ1) is 8.01. The Morgan fingerprint density at radius 3 is 2.83 bits per heavy atom. The van der Waals surface area contributed by atoms with Gasteiger partial charge in [0.25, 0.3) is 0 Å². The number of hydrogen-bond donors (Lipinski definition) is 3. The second kappa shape index (κ2) is 3.03. The third-order valence-corrected chi connectivity index (χ3v) is 2.60. The summed E-state index contributed by atoms with van der Waals surface area (Å²) < 4.78 is 0. The molecule has 0 aromatic rings. The van der Waals surface area contributed by atoms with Crippen molar-refractivity contribution in [3.8, 4) is 0 Å². The van der Waals surface area contributed by atoms with Crippen molar-refractivity contribution in [3.05, 3.63) is 0 Å². The average molecular weight is 169 g/mol. The summed E-state index contributed by atoms with van der Waals surface area (Å²) in [5.41, 5.74) is 5.58. The highest BCUT2D eigenvalue weighted by molar-refractivity contribution is 5.80. The van der Waals surface area contributed by atoms with Crippen LogP contribution >= 0.6 is 0 Å². The molecule has 0 radical (unpaired) electrons. The van der Waals surface area contributed by atoms with Crippen LogP contribution in [-0.4, -0.2) is 31.1 Å². The first-order valence-corrected chi connectivity index (χ1v) is 4.54. The summed E-state index contributed by atoms with van der Waals surface area (Å²) in [6.45, 7) is 1.79. The van der Waals surface area contributed by atoms with Crippen LogP contribution in [0, 0.1) is 5.92 Å². The van der Waals surface area contributed by atoms with Crippen molar-refractivity contribution in [2.24, 2.45) is 11.7 Å². The maximum absolute atomic E-state index is 11.4. The Balaban J connectivity index is 1.76. The van der Waals surface area contributed by atoms with Crippen LogP contribution in [-0.2, 0) is 4.79 Å². The van der Waals surface area contributed by atoms with Crippen LogP contribution in [0.2, 0.25) is 0 Å². The summed E-state index contributed by atoms with van der Waals surface area (Å²) >= 11 is 0. The minimum atomic E-state index is 0.179. The summed E-state index contributed by atoms with van der Waals surface area (Å²) in [6, 6.07) is 0.474. The molecule has 68 valence electrons. The molecule has 0 unspecified atom stereocenters. The van der Waals surface area contributed by atoms with E-state index in [2.05, 4.69) is 10.6 Å². The number of nitrogens with two attached hydrogens (primary N) is 1. The Hall–Kier alpha value is -0.610. The van der Waals surface area contributed by atoms with Gasteiger partial charge >= 0.3 is 0 Å². The van der Waals surface area contributed by atoms with E-state index in [0.29, 0.717) is 0 Å². The Kier molecular flexibility index (Phi) is 2.02. The molecule has 1 saturated carbocycles. The fourth-order valence-corrected chi connectivity index (χ4v) is 1.56. The van der Waals surface area contributed by atoms with Gasteiger partial charge in [0, 0.05) is 18.6 Å². The summed E-state index contributed by atoms with van der Waals surface area (Å²) in [4.78, 5) is 11.4. The number of carbonyl (C=O) groups excluding carboxylic acids is 1. The number of carbonyl (C=O) groups is 1. The minimum Gasteiger partial charge on any atom is -0.351 e. The first-order valence-electron chi connectivity index (χ1n) is 4.54. The average Bonchev–Trinajstić information content (AvgIpc) is 2.58. The van der Waals surface area contributed by atoms with Crippen LogP contribution in [0.5, 0.6) is 0 Å². The maximum Gasteiger partial charge on any atom is 0.224 e. The van der Waals surface area contributed by atoms with Gasteiger partial charge in [-0.2, -0.15) is 0 Å². The second-order valence-electron chi connectivity index (χ2n) is 3.70. The first-order chi connectivity index (χ1) is 5.77. The van der Waals surface area contributed by atoms with Crippen LogP contribution < -0.4 is 16.4 Å². The van der Waals surface area contributed by atoms with Gasteiger partial charge in [0.05, 0.1) is 5.92 Å². The van der Waals surface area contributed by atoms with Crippen molar-refractivity contribution in [1.29, 1.82) is 0 Å². The van der Waals surface area contributed by atoms with Crippen molar-refractivity contribution < 1.29 is 4.79 Å². The molecule has 3 atom stereocenters. The lowest BCUT2D eigenvalue weighted by atomic mass is 10.1. The molecule has 0 bridgehead atoms. The quantitative estimate of drug-likeness (QED) is 0.487. The predicted octanol–water partition coefficient (Wildman–Crippen LogP) is -1.19. The van der Waals surface area contributed by atoms with Gasteiger partial charge in [-0.15, -0.1) is 0 Å². The van der Waals surface area contributed by atoms with Gasteiger partial charge in [-0.1, -0.05) is 0 Å². The van der Waals surface area contributed by atoms with Crippen LogP contribution in [0.25, 0.3) is 0 Å². The topological polar surface area (TPSA) is 67.1 Å².